The van der Waals surface area contributed by atoms with Gasteiger partial charge >= 0.3 is 0 Å². The number of rotatable bonds is 3. The Morgan fingerprint density at radius 1 is 1.35 bits per heavy atom. The summed E-state index contributed by atoms with van der Waals surface area (Å²) in [5, 5.41) is 9.73. The normalized spacial score (nSPS) is 20.2. The average molecular weight is 298 g/mol. The molecule has 1 aliphatic heterocycles. The lowest BCUT2D eigenvalue weighted by molar-refractivity contribution is 0.262. The fourth-order valence-electron chi connectivity index (χ4n) is 2.64. The summed E-state index contributed by atoms with van der Waals surface area (Å²) in [5.74, 6) is 1.67. The van der Waals surface area contributed by atoms with E-state index in [4.69, 9.17) is 16.6 Å². The molecule has 1 N–H and O–H groups in total. The Bertz CT molecular complexity index is 457. The molecule has 2 heterocycles. The zero-order chi connectivity index (χ0) is 14.8. The lowest BCUT2D eigenvalue weighted by Gasteiger charge is -2.37. The molecule has 0 aromatic carbocycles. The predicted molar refractivity (Wildman–Crippen MR) is 82.4 cm³/mol. The van der Waals surface area contributed by atoms with Gasteiger partial charge in [0, 0.05) is 30.7 Å². The lowest BCUT2D eigenvalue weighted by atomic mass is 9.95. The topological polar surface area (TPSA) is 49.2 Å². The standard InChI is InChI=1S/C15H24ClN3O/c1-15(2,3)14-17-12(16)10-13(18-14)19-8-5-4-6-11(19)7-9-20/h10-11,20H,4-9H2,1-3H3. The van der Waals surface area contributed by atoms with E-state index in [0.717, 1.165) is 37.4 Å². The predicted octanol–water partition coefficient (Wildman–Crippen LogP) is 3.17. The van der Waals surface area contributed by atoms with Crippen LogP contribution in [0.2, 0.25) is 5.15 Å². The maximum Gasteiger partial charge on any atom is 0.137 e. The second kappa shape index (κ2) is 6.27. The van der Waals surface area contributed by atoms with Crippen molar-refractivity contribution in [3.63, 3.8) is 0 Å². The van der Waals surface area contributed by atoms with Crippen molar-refractivity contribution in [1.82, 2.24) is 9.97 Å². The first-order chi connectivity index (χ1) is 9.41. The van der Waals surface area contributed by atoms with Gasteiger partial charge in [0.25, 0.3) is 0 Å². The van der Waals surface area contributed by atoms with Gasteiger partial charge in [-0.2, -0.15) is 0 Å². The molecule has 0 aliphatic carbocycles. The van der Waals surface area contributed by atoms with E-state index in [1.54, 1.807) is 0 Å². The van der Waals surface area contributed by atoms with Gasteiger partial charge in [0.1, 0.15) is 16.8 Å². The van der Waals surface area contributed by atoms with E-state index in [1.807, 2.05) is 6.07 Å². The Labute approximate surface area is 126 Å². The lowest BCUT2D eigenvalue weighted by Crippen LogP contribution is -2.41. The molecular formula is C15H24ClN3O. The zero-order valence-corrected chi connectivity index (χ0v) is 13.3. The number of aliphatic hydroxyl groups excluding tert-OH is 1. The van der Waals surface area contributed by atoms with E-state index in [2.05, 4.69) is 30.7 Å². The maximum absolute atomic E-state index is 9.24. The minimum atomic E-state index is -0.123. The van der Waals surface area contributed by atoms with Crippen LogP contribution in [0, 0.1) is 0 Å². The van der Waals surface area contributed by atoms with E-state index in [0.29, 0.717) is 11.2 Å². The molecule has 0 amide bonds. The van der Waals surface area contributed by atoms with Crippen LogP contribution < -0.4 is 4.90 Å². The summed E-state index contributed by atoms with van der Waals surface area (Å²) in [6.07, 6.45) is 4.26. The Kier molecular flexibility index (Phi) is 4.86. The molecule has 1 saturated heterocycles. The molecule has 1 unspecified atom stereocenters. The second-order valence-electron chi connectivity index (χ2n) is 6.48. The summed E-state index contributed by atoms with van der Waals surface area (Å²) in [6, 6.07) is 2.19. The Hall–Kier alpha value is -0.870. The summed E-state index contributed by atoms with van der Waals surface area (Å²) in [4.78, 5) is 11.3. The second-order valence-corrected chi connectivity index (χ2v) is 6.87. The first kappa shape index (κ1) is 15.5. The zero-order valence-electron chi connectivity index (χ0n) is 12.6. The summed E-state index contributed by atoms with van der Waals surface area (Å²) >= 11 is 6.17. The van der Waals surface area contributed by atoms with Crippen molar-refractivity contribution >= 4 is 17.4 Å². The van der Waals surface area contributed by atoms with Crippen molar-refractivity contribution in [1.29, 1.82) is 0 Å². The average Bonchev–Trinajstić information content (AvgIpc) is 2.38. The third-order valence-electron chi connectivity index (χ3n) is 3.74. The minimum absolute atomic E-state index is 0.123. The summed E-state index contributed by atoms with van der Waals surface area (Å²) in [7, 11) is 0. The molecule has 0 saturated carbocycles. The first-order valence-corrected chi connectivity index (χ1v) is 7.72. The van der Waals surface area contributed by atoms with Crippen LogP contribution in [0.4, 0.5) is 5.82 Å². The van der Waals surface area contributed by atoms with Crippen molar-refractivity contribution in [3.05, 3.63) is 17.0 Å². The molecule has 0 radical (unpaired) electrons. The van der Waals surface area contributed by atoms with Crippen LogP contribution >= 0.6 is 11.6 Å². The van der Waals surface area contributed by atoms with E-state index in [1.165, 1.54) is 6.42 Å². The van der Waals surface area contributed by atoms with E-state index in [-0.39, 0.29) is 12.0 Å². The fraction of sp³-hybridized carbons (Fsp3) is 0.733. The summed E-state index contributed by atoms with van der Waals surface area (Å²) in [6.45, 7) is 7.45. The summed E-state index contributed by atoms with van der Waals surface area (Å²) < 4.78 is 0. The quantitative estimate of drug-likeness (QED) is 0.871. The van der Waals surface area contributed by atoms with Crippen molar-refractivity contribution in [2.24, 2.45) is 0 Å². The molecule has 2 rings (SSSR count). The highest BCUT2D eigenvalue weighted by Crippen LogP contribution is 2.29. The van der Waals surface area contributed by atoms with Crippen molar-refractivity contribution in [3.8, 4) is 0 Å². The number of anilines is 1. The number of aromatic nitrogens is 2. The van der Waals surface area contributed by atoms with Crippen LogP contribution in [-0.2, 0) is 5.41 Å². The Balaban J connectivity index is 2.32. The van der Waals surface area contributed by atoms with Gasteiger partial charge in [0.05, 0.1) is 0 Å². The Morgan fingerprint density at radius 2 is 2.10 bits per heavy atom. The monoisotopic (exact) mass is 297 g/mol. The van der Waals surface area contributed by atoms with Gasteiger partial charge in [-0.05, 0) is 25.7 Å². The maximum atomic E-state index is 9.24. The van der Waals surface area contributed by atoms with Gasteiger partial charge in [0.15, 0.2) is 0 Å². The fourth-order valence-corrected chi connectivity index (χ4v) is 2.82. The molecular weight excluding hydrogens is 274 g/mol. The molecule has 0 spiro atoms. The molecule has 5 heteroatoms. The summed E-state index contributed by atoms with van der Waals surface area (Å²) in [5.41, 5.74) is -0.123. The molecule has 1 aromatic heterocycles. The molecule has 0 bridgehead atoms. The molecule has 4 nitrogen and oxygen atoms in total. The van der Waals surface area contributed by atoms with Gasteiger partial charge in [-0.25, -0.2) is 9.97 Å². The number of nitrogens with zero attached hydrogens (tertiary/aromatic N) is 3. The van der Waals surface area contributed by atoms with E-state index >= 15 is 0 Å². The van der Waals surface area contributed by atoms with Crippen LogP contribution in [-0.4, -0.2) is 34.3 Å². The van der Waals surface area contributed by atoms with Crippen LogP contribution in [0.1, 0.15) is 52.3 Å². The van der Waals surface area contributed by atoms with Gasteiger partial charge in [-0.15, -0.1) is 0 Å². The number of halogens is 1. The molecule has 20 heavy (non-hydrogen) atoms. The van der Waals surface area contributed by atoms with Crippen molar-refractivity contribution in [2.75, 3.05) is 18.1 Å². The number of hydrogen-bond donors (Lipinski definition) is 1. The van der Waals surface area contributed by atoms with E-state index < -0.39 is 0 Å². The van der Waals surface area contributed by atoms with Gasteiger partial charge in [0.2, 0.25) is 0 Å². The third-order valence-corrected chi connectivity index (χ3v) is 3.93. The highest BCUT2D eigenvalue weighted by Gasteiger charge is 2.26. The van der Waals surface area contributed by atoms with Crippen LogP contribution in [0.5, 0.6) is 0 Å². The van der Waals surface area contributed by atoms with Gasteiger partial charge < -0.3 is 10.0 Å². The Morgan fingerprint density at radius 3 is 2.75 bits per heavy atom. The van der Waals surface area contributed by atoms with E-state index in [9.17, 15) is 5.11 Å². The molecule has 1 aromatic rings. The van der Waals surface area contributed by atoms with Crippen LogP contribution in [0.3, 0.4) is 0 Å². The number of piperidine rings is 1. The molecule has 112 valence electrons. The highest BCUT2D eigenvalue weighted by molar-refractivity contribution is 6.29. The third kappa shape index (κ3) is 3.61. The highest BCUT2D eigenvalue weighted by atomic mass is 35.5. The van der Waals surface area contributed by atoms with Crippen molar-refractivity contribution < 1.29 is 5.11 Å². The van der Waals surface area contributed by atoms with Gasteiger partial charge in [-0.3, -0.25) is 0 Å². The SMILES string of the molecule is CC(C)(C)c1nc(Cl)cc(N2CCCCC2CCO)n1. The number of hydrogen-bond acceptors (Lipinski definition) is 4. The van der Waals surface area contributed by atoms with Crippen LogP contribution in [0.25, 0.3) is 0 Å². The van der Waals surface area contributed by atoms with Gasteiger partial charge in [-0.1, -0.05) is 32.4 Å². The first-order valence-electron chi connectivity index (χ1n) is 7.34. The molecule has 1 aliphatic rings. The number of aliphatic hydroxyl groups is 1. The largest absolute Gasteiger partial charge is 0.396 e. The van der Waals surface area contributed by atoms with Crippen LogP contribution in [0.15, 0.2) is 6.07 Å². The molecule has 1 fully saturated rings. The molecule has 1 atom stereocenters. The smallest absolute Gasteiger partial charge is 0.137 e. The van der Waals surface area contributed by atoms with Crippen molar-refractivity contribution in [2.45, 2.75) is 57.9 Å². The minimum Gasteiger partial charge on any atom is -0.396 e.